The summed E-state index contributed by atoms with van der Waals surface area (Å²) in [7, 11) is 2.00. The molecule has 1 aliphatic rings. The van der Waals surface area contributed by atoms with Gasteiger partial charge in [0.25, 0.3) is 0 Å². The number of nitrogens with one attached hydrogen (secondary N) is 1. The Morgan fingerprint density at radius 3 is 1.69 bits per heavy atom. The highest BCUT2D eigenvalue weighted by atomic mass is 15.5. The minimum atomic E-state index is 0.939. The molecule has 0 spiro atoms. The lowest BCUT2D eigenvalue weighted by molar-refractivity contribution is 0.143. The Bertz CT molecular complexity index is 76.2. The van der Waals surface area contributed by atoms with Crippen LogP contribution in [0.3, 0.4) is 0 Å². The van der Waals surface area contributed by atoms with Crippen molar-refractivity contribution in [1.82, 2.24) is 10.4 Å². The fourth-order valence-electron chi connectivity index (χ4n) is 1.23. The fraction of sp³-hybridized carbons (Fsp3) is 1.00. The quantitative estimate of drug-likeness (QED) is 0.680. The molecule has 1 N–H and O–H groups in total. The van der Waals surface area contributed by atoms with Crippen LogP contribution in [0.4, 0.5) is 0 Å². The third-order valence-electron chi connectivity index (χ3n) is 2.10. The predicted molar refractivity (Wildman–Crippen MR) is 61.7 cm³/mol. The van der Waals surface area contributed by atoms with Crippen molar-refractivity contribution in [3.05, 3.63) is 0 Å². The van der Waals surface area contributed by atoms with Gasteiger partial charge in [-0.2, -0.15) is 0 Å². The van der Waals surface area contributed by atoms with E-state index in [0.29, 0.717) is 0 Å². The van der Waals surface area contributed by atoms with Gasteiger partial charge in [0.2, 0.25) is 0 Å². The monoisotopic (exact) mass is 188 g/mol. The lowest BCUT2D eigenvalue weighted by Gasteiger charge is -2.28. The number of hydrogen-bond donors (Lipinski definition) is 1. The Balaban J connectivity index is 0. The zero-order chi connectivity index (χ0) is 10.7. The van der Waals surface area contributed by atoms with Gasteiger partial charge in [-0.05, 0) is 25.8 Å². The number of piperidine rings is 1. The molecule has 0 bridgehead atoms. The van der Waals surface area contributed by atoms with Crippen LogP contribution >= 0.6 is 0 Å². The van der Waals surface area contributed by atoms with E-state index in [-0.39, 0.29) is 0 Å². The van der Waals surface area contributed by atoms with Crippen LogP contribution in [0.25, 0.3) is 0 Å². The minimum absolute atomic E-state index is 0.939. The molecule has 1 rings (SSSR count). The molecule has 1 heterocycles. The molecular formula is C11H28N2. The van der Waals surface area contributed by atoms with E-state index in [4.69, 9.17) is 0 Å². The van der Waals surface area contributed by atoms with E-state index in [1.165, 1.54) is 25.9 Å². The van der Waals surface area contributed by atoms with E-state index in [1.807, 2.05) is 34.7 Å². The molecule has 0 aromatic heterocycles. The third kappa shape index (κ3) is 8.26. The van der Waals surface area contributed by atoms with E-state index in [0.717, 1.165) is 5.92 Å². The standard InChI is InChI=1S/C7H16N2.2C2H6/c1-7-3-5-9(8-2)6-4-7;2*1-2/h7-8H,3-6H2,1-2H3;2*1-2H3. The average molecular weight is 188 g/mol. The summed E-state index contributed by atoms with van der Waals surface area (Å²) in [6, 6.07) is 0. The van der Waals surface area contributed by atoms with E-state index >= 15 is 0 Å². The predicted octanol–water partition coefficient (Wildman–Crippen LogP) is 2.91. The van der Waals surface area contributed by atoms with Gasteiger partial charge in [0, 0.05) is 13.1 Å². The second kappa shape index (κ2) is 11.9. The highest BCUT2D eigenvalue weighted by Crippen LogP contribution is 2.13. The van der Waals surface area contributed by atoms with Gasteiger partial charge in [-0.15, -0.1) is 0 Å². The average Bonchev–Trinajstić information content (AvgIpc) is 2.25. The molecule has 1 saturated heterocycles. The number of rotatable bonds is 1. The Kier molecular flexibility index (Phi) is 14.1. The lowest BCUT2D eigenvalue weighted by atomic mass is 10.0. The molecule has 0 amide bonds. The molecule has 0 atom stereocenters. The maximum absolute atomic E-state index is 3.16. The van der Waals surface area contributed by atoms with Crippen molar-refractivity contribution in [2.24, 2.45) is 5.92 Å². The molecule has 2 heteroatoms. The van der Waals surface area contributed by atoms with Crippen LogP contribution in [0.2, 0.25) is 0 Å². The third-order valence-corrected chi connectivity index (χ3v) is 2.10. The Labute approximate surface area is 84.7 Å². The van der Waals surface area contributed by atoms with E-state index in [9.17, 15) is 0 Å². The molecule has 0 unspecified atom stereocenters. The summed E-state index contributed by atoms with van der Waals surface area (Å²) in [6.07, 6.45) is 2.70. The van der Waals surface area contributed by atoms with Gasteiger partial charge in [0.1, 0.15) is 0 Å². The number of hydrogen-bond acceptors (Lipinski definition) is 2. The second-order valence-electron chi connectivity index (χ2n) is 2.89. The molecule has 82 valence electrons. The van der Waals surface area contributed by atoms with Crippen LogP contribution in [0.15, 0.2) is 0 Å². The van der Waals surface area contributed by atoms with Gasteiger partial charge in [-0.25, -0.2) is 5.01 Å². The van der Waals surface area contributed by atoms with Gasteiger partial charge in [-0.1, -0.05) is 34.6 Å². The highest BCUT2D eigenvalue weighted by Gasteiger charge is 2.12. The van der Waals surface area contributed by atoms with Crippen molar-refractivity contribution in [1.29, 1.82) is 0 Å². The SMILES string of the molecule is CC.CC.CNN1CCC(C)CC1. The zero-order valence-electron chi connectivity index (χ0n) is 10.4. The minimum Gasteiger partial charge on any atom is -0.258 e. The smallest absolute Gasteiger partial charge is 0.0133 e. The maximum atomic E-state index is 3.16. The summed E-state index contributed by atoms with van der Waals surface area (Å²) in [5, 5.41) is 2.28. The largest absolute Gasteiger partial charge is 0.258 e. The summed E-state index contributed by atoms with van der Waals surface area (Å²) < 4.78 is 0. The Morgan fingerprint density at radius 1 is 1.00 bits per heavy atom. The van der Waals surface area contributed by atoms with Gasteiger partial charge in [0.05, 0.1) is 0 Å². The van der Waals surface area contributed by atoms with Crippen molar-refractivity contribution in [2.45, 2.75) is 47.5 Å². The molecule has 0 aliphatic carbocycles. The van der Waals surface area contributed by atoms with Crippen molar-refractivity contribution < 1.29 is 0 Å². The summed E-state index contributed by atoms with van der Waals surface area (Å²) in [5.41, 5.74) is 3.16. The zero-order valence-corrected chi connectivity index (χ0v) is 10.4. The second-order valence-corrected chi connectivity index (χ2v) is 2.89. The first-order chi connectivity index (χ1) is 6.33. The van der Waals surface area contributed by atoms with Gasteiger partial charge < -0.3 is 0 Å². The number of nitrogens with zero attached hydrogens (tertiary/aromatic N) is 1. The van der Waals surface area contributed by atoms with Crippen molar-refractivity contribution in [2.75, 3.05) is 20.1 Å². The topological polar surface area (TPSA) is 15.3 Å². The van der Waals surface area contributed by atoms with Gasteiger partial charge in [0.15, 0.2) is 0 Å². The van der Waals surface area contributed by atoms with E-state index in [1.54, 1.807) is 0 Å². The van der Waals surface area contributed by atoms with E-state index < -0.39 is 0 Å². The molecule has 1 aliphatic heterocycles. The van der Waals surface area contributed by atoms with Crippen LogP contribution in [-0.2, 0) is 0 Å². The molecule has 0 aromatic rings. The van der Waals surface area contributed by atoms with Crippen molar-refractivity contribution >= 4 is 0 Å². The summed E-state index contributed by atoms with van der Waals surface area (Å²) in [5.74, 6) is 0.939. The van der Waals surface area contributed by atoms with Crippen LogP contribution in [0.1, 0.15) is 47.5 Å². The molecule has 1 fully saturated rings. The van der Waals surface area contributed by atoms with Crippen LogP contribution in [-0.4, -0.2) is 25.1 Å². The molecule has 13 heavy (non-hydrogen) atoms. The highest BCUT2D eigenvalue weighted by molar-refractivity contribution is 4.65. The molecule has 2 nitrogen and oxygen atoms in total. The molecule has 0 saturated carbocycles. The Morgan fingerprint density at radius 2 is 1.38 bits per heavy atom. The van der Waals surface area contributed by atoms with Crippen LogP contribution < -0.4 is 5.43 Å². The number of hydrazine groups is 1. The van der Waals surface area contributed by atoms with Crippen LogP contribution in [0, 0.1) is 5.92 Å². The van der Waals surface area contributed by atoms with Gasteiger partial charge >= 0.3 is 0 Å². The summed E-state index contributed by atoms with van der Waals surface area (Å²) in [4.78, 5) is 0. The van der Waals surface area contributed by atoms with Crippen molar-refractivity contribution in [3.63, 3.8) is 0 Å². The molecule has 0 aromatic carbocycles. The first-order valence-corrected chi connectivity index (χ1v) is 5.75. The first-order valence-electron chi connectivity index (χ1n) is 5.75. The fourth-order valence-corrected chi connectivity index (χ4v) is 1.23. The van der Waals surface area contributed by atoms with Crippen molar-refractivity contribution in [3.8, 4) is 0 Å². The maximum Gasteiger partial charge on any atom is 0.0133 e. The van der Waals surface area contributed by atoms with E-state index in [2.05, 4.69) is 17.4 Å². The summed E-state index contributed by atoms with van der Waals surface area (Å²) >= 11 is 0. The molecule has 0 radical (unpaired) electrons. The van der Waals surface area contributed by atoms with Crippen LogP contribution in [0.5, 0.6) is 0 Å². The Hall–Kier alpha value is -0.0800. The molecular weight excluding hydrogens is 160 g/mol. The van der Waals surface area contributed by atoms with Gasteiger partial charge in [-0.3, -0.25) is 5.43 Å². The normalized spacial score (nSPS) is 18.0. The summed E-state index contributed by atoms with van der Waals surface area (Å²) in [6.45, 7) is 12.8. The lowest BCUT2D eigenvalue weighted by Crippen LogP contribution is -2.40. The first kappa shape index (κ1) is 15.4.